The summed E-state index contributed by atoms with van der Waals surface area (Å²) < 4.78 is 23.1. The van der Waals surface area contributed by atoms with Crippen LogP contribution < -0.4 is 0 Å². The number of aryl methyl sites for hydroxylation is 1. The molecule has 24 heavy (non-hydrogen) atoms. The third kappa shape index (κ3) is 4.56. The first-order valence-corrected chi connectivity index (χ1v) is 9.78. The first kappa shape index (κ1) is 18.4. The fourth-order valence-corrected chi connectivity index (χ4v) is 4.61. The van der Waals surface area contributed by atoms with Crippen LogP contribution in [0.3, 0.4) is 0 Å². The van der Waals surface area contributed by atoms with Crippen LogP contribution in [-0.4, -0.2) is 61.2 Å². The lowest BCUT2D eigenvalue weighted by atomic mass is 10.1. The molecule has 0 aliphatic carbocycles. The summed E-state index contributed by atoms with van der Waals surface area (Å²) >= 11 is 0. The summed E-state index contributed by atoms with van der Waals surface area (Å²) in [6, 6.07) is 7.43. The van der Waals surface area contributed by atoms with Crippen molar-refractivity contribution in [3.63, 3.8) is 0 Å². The molecule has 0 bridgehead atoms. The Bertz CT molecular complexity index is 730. The van der Waals surface area contributed by atoms with Crippen LogP contribution in [0, 0.1) is 6.92 Å². The average molecular weight is 352 g/mol. The molecule has 1 saturated heterocycles. The van der Waals surface area contributed by atoms with Crippen molar-refractivity contribution in [1.82, 2.24) is 9.80 Å². The van der Waals surface area contributed by atoms with Gasteiger partial charge in [-0.1, -0.05) is 24.3 Å². The molecular formula is C17H24N2O4S. The zero-order valence-electron chi connectivity index (χ0n) is 14.4. The Morgan fingerprint density at radius 1 is 1.25 bits per heavy atom. The molecule has 6 nitrogen and oxygen atoms in total. The second-order valence-electron chi connectivity index (χ2n) is 6.36. The maximum absolute atomic E-state index is 12.5. The molecule has 0 spiro atoms. The summed E-state index contributed by atoms with van der Waals surface area (Å²) in [5, 5.41) is 0. The van der Waals surface area contributed by atoms with Gasteiger partial charge < -0.3 is 9.80 Å². The van der Waals surface area contributed by atoms with Gasteiger partial charge in [0.2, 0.25) is 11.8 Å². The minimum atomic E-state index is -3.05. The third-order valence-corrected chi connectivity index (χ3v) is 6.29. The fraction of sp³-hybridized carbons (Fsp3) is 0.529. The highest BCUT2D eigenvalue weighted by Crippen LogP contribution is 2.17. The lowest BCUT2D eigenvalue weighted by Crippen LogP contribution is -2.45. The first-order valence-electron chi connectivity index (χ1n) is 7.95. The first-order chi connectivity index (χ1) is 11.2. The van der Waals surface area contributed by atoms with Crippen LogP contribution in [-0.2, 0) is 26.0 Å². The van der Waals surface area contributed by atoms with E-state index in [2.05, 4.69) is 0 Å². The zero-order valence-corrected chi connectivity index (χ0v) is 15.2. The van der Waals surface area contributed by atoms with E-state index >= 15 is 0 Å². The van der Waals surface area contributed by atoms with E-state index in [-0.39, 0.29) is 35.9 Å². The van der Waals surface area contributed by atoms with Gasteiger partial charge in [0.05, 0.1) is 11.5 Å². The molecule has 1 atom stereocenters. The number of carbonyl (C=O) groups is 2. The molecule has 1 heterocycles. The minimum absolute atomic E-state index is 0.00705. The molecule has 2 amide bonds. The van der Waals surface area contributed by atoms with Gasteiger partial charge in [0, 0.05) is 26.6 Å². The molecule has 0 radical (unpaired) electrons. The molecule has 132 valence electrons. The van der Waals surface area contributed by atoms with Crippen LogP contribution in [0.15, 0.2) is 24.3 Å². The van der Waals surface area contributed by atoms with Crippen LogP contribution >= 0.6 is 0 Å². The number of rotatable bonds is 5. The van der Waals surface area contributed by atoms with Gasteiger partial charge in [-0.25, -0.2) is 8.42 Å². The van der Waals surface area contributed by atoms with Crippen LogP contribution in [0.2, 0.25) is 0 Å². The van der Waals surface area contributed by atoms with Gasteiger partial charge in [0.15, 0.2) is 9.84 Å². The number of amides is 2. The molecule has 7 heteroatoms. The normalized spacial score (nSPS) is 19.0. The maximum atomic E-state index is 12.5. The Balaban J connectivity index is 2.03. The highest BCUT2D eigenvalue weighted by molar-refractivity contribution is 7.91. The van der Waals surface area contributed by atoms with Crippen LogP contribution in [0.25, 0.3) is 0 Å². The smallest absolute Gasteiger partial charge is 0.242 e. The molecule has 0 aromatic heterocycles. The second-order valence-corrected chi connectivity index (χ2v) is 8.59. The summed E-state index contributed by atoms with van der Waals surface area (Å²) in [5.41, 5.74) is 2.05. The predicted octanol–water partition coefficient (Wildman–Crippen LogP) is 0.989. The molecule has 1 unspecified atom stereocenters. The van der Waals surface area contributed by atoms with E-state index < -0.39 is 9.84 Å². The number of likely N-dealkylation sites (N-methyl/N-ethyl adjacent to an activating group) is 1. The molecule has 1 aliphatic rings. The molecule has 1 aromatic rings. The minimum Gasteiger partial charge on any atom is -0.340 e. The van der Waals surface area contributed by atoms with Gasteiger partial charge in [-0.2, -0.15) is 0 Å². The standard InChI is InChI=1S/C17H24N2O4S/c1-13-6-4-5-7-15(13)10-19(14(2)20)11-17(21)18(3)16-8-9-24(22,23)12-16/h4-7,16H,8-12H2,1-3H3. The fourth-order valence-electron chi connectivity index (χ4n) is 2.83. The van der Waals surface area contributed by atoms with Crippen molar-refractivity contribution in [3.05, 3.63) is 35.4 Å². The number of hydrogen-bond donors (Lipinski definition) is 0. The Labute approximate surface area is 143 Å². The lowest BCUT2D eigenvalue weighted by Gasteiger charge is -2.28. The molecule has 0 N–H and O–H groups in total. The molecule has 2 rings (SSSR count). The van der Waals surface area contributed by atoms with Crippen molar-refractivity contribution >= 4 is 21.7 Å². The Morgan fingerprint density at radius 3 is 2.46 bits per heavy atom. The zero-order chi connectivity index (χ0) is 17.9. The predicted molar refractivity (Wildman–Crippen MR) is 92.1 cm³/mol. The van der Waals surface area contributed by atoms with E-state index in [0.717, 1.165) is 11.1 Å². The number of nitrogens with zero attached hydrogens (tertiary/aromatic N) is 2. The Hall–Kier alpha value is -1.89. The highest BCUT2D eigenvalue weighted by atomic mass is 32.2. The molecule has 1 aliphatic heterocycles. The lowest BCUT2D eigenvalue weighted by molar-refractivity contribution is -0.140. The maximum Gasteiger partial charge on any atom is 0.242 e. The van der Waals surface area contributed by atoms with Crippen LogP contribution in [0.1, 0.15) is 24.5 Å². The van der Waals surface area contributed by atoms with Crippen molar-refractivity contribution < 1.29 is 18.0 Å². The van der Waals surface area contributed by atoms with Gasteiger partial charge in [0.1, 0.15) is 6.54 Å². The monoisotopic (exact) mass is 352 g/mol. The number of benzene rings is 1. The number of sulfone groups is 1. The molecular weight excluding hydrogens is 328 g/mol. The topological polar surface area (TPSA) is 74.8 Å². The van der Waals surface area contributed by atoms with Crippen molar-refractivity contribution in [2.24, 2.45) is 0 Å². The van der Waals surface area contributed by atoms with E-state index in [1.54, 1.807) is 7.05 Å². The SMILES string of the molecule is CC(=O)N(CC(=O)N(C)C1CCS(=O)(=O)C1)Cc1ccccc1C. The van der Waals surface area contributed by atoms with Gasteiger partial charge >= 0.3 is 0 Å². The quantitative estimate of drug-likeness (QED) is 0.792. The van der Waals surface area contributed by atoms with E-state index in [1.165, 1.54) is 16.7 Å². The van der Waals surface area contributed by atoms with Crippen molar-refractivity contribution in [2.75, 3.05) is 25.1 Å². The number of carbonyl (C=O) groups excluding carboxylic acids is 2. The van der Waals surface area contributed by atoms with Crippen molar-refractivity contribution in [2.45, 2.75) is 32.9 Å². The van der Waals surface area contributed by atoms with E-state index in [0.29, 0.717) is 13.0 Å². The summed E-state index contributed by atoms with van der Waals surface area (Å²) in [5.74, 6) is -0.290. The molecule has 1 fully saturated rings. The van der Waals surface area contributed by atoms with E-state index in [9.17, 15) is 18.0 Å². The summed E-state index contributed by atoms with van der Waals surface area (Å²) in [6.07, 6.45) is 0.461. The average Bonchev–Trinajstić information content (AvgIpc) is 2.87. The van der Waals surface area contributed by atoms with Crippen LogP contribution in [0.5, 0.6) is 0 Å². The van der Waals surface area contributed by atoms with E-state index in [4.69, 9.17) is 0 Å². The Morgan fingerprint density at radius 2 is 1.92 bits per heavy atom. The largest absolute Gasteiger partial charge is 0.340 e. The molecule has 1 aromatic carbocycles. The second kappa shape index (κ2) is 7.34. The van der Waals surface area contributed by atoms with E-state index in [1.807, 2.05) is 31.2 Å². The van der Waals surface area contributed by atoms with Gasteiger partial charge in [0.25, 0.3) is 0 Å². The van der Waals surface area contributed by atoms with Gasteiger partial charge in [-0.05, 0) is 24.5 Å². The highest BCUT2D eigenvalue weighted by Gasteiger charge is 2.33. The summed E-state index contributed by atoms with van der Waals surface area (Å²) in [6.45, 7) is 3.72. The number of hydrogen-bond acceptors (Lipinski definition) is 4. The third-order valence-electron chi connectivity index (χ3n) is 4.54. The summed E-state index contributed by atoms with van der Waals surface area (Å²) in [7, 11) is -1.44. The Kier molecular flexibility index (Phi) is 5.64. The van der Waals surface area contributed by atoms with Crippen molar-refractivity contribution in [1.29, 1.82) is 0 Å². The van der Waals surface area contributed by atoms with Gasteiger partial charge in [-0.3, -0.25) is 9.59 Å². The van der Waals surface area contributed by atoms with Crippen molar-refractivity contribution in [3.8, 4) is 0 Å². The van der Waals surface area contributed by atoms with Crippen LogP contribution in [0.4, 0.5) is 0 Å². The van der Waals surface area contributed by atoms with Gasteiger partial charge in [-0.15, -0.1) is 0 Å². The summed E-state index contributed by atoms with van der Waals surface area (Å²) in [4.78, 5) is 27.3. The molecule has 0 saturated carbocycles.